The molecule has 0 aliphatic carbocycles. The molecule has 2 aromatic carbocycles. The van der Waals surface area contributed by atoms with Gasteiger partial charge in [0, 0.05) is 4.90 Å². The SMILES string of the molecule is CCOc1ccccc1OCC(=O)NNC(=O)C(C)Sc1ccccc1. The number of amides is 2. The van der Waals surface area contributed by atoms with Crippen molar-refractivity contribution in [3.8, 4) is 11.5 Å². The Labute approximate surface area is 157 Å². The van der Waals surface area contributed by atoms with E-state index in [4.69, 9.17) is 9.47 Å². The minimum Gasteiger partial charge on any atom is -0.490 e. The van der Waals surface area contributed by atoms with Crippen molar-refractivity contribution in [2.24, 2.45) is 0 Å². The predicted molar refractivity (Wildman–Crippen MR) is 101 cm³/mol. The highest BCUT2D eigenvalue weighted by molar-refractivity contribution is 8.00. The van der Waals surface area contributed by atoms with Crippen molar-refractivity contribution >= 4 is 23.6 Å². The number of carbonyl (C=O) groups is 2. The summed E-state index contributed by atoms with van der Waals surface area (Å²) in [5.74, 6) is 0.298. The maximum absolute atomic E-state index is 12.1. The molecule has 0 saturated carbocycles. The molecule has 0 radical (unpaired) electrons. The number of ether oxygens (including phenoxy) is 2. The van der Waals surface area contributed by atoms with E-state index < -0.39 is 5.91 Å². The molecule has 6 nitrogen and oxygen atoms in total. The molecule has 0 aromatic heterocycles. The molecule has 2 rings (SSSR count). The number of benzene rings is 2. The molecule has 0 heterocycles. The molecule has 2 amide bonds. The van der Waals surface area contributed by atoms with Crippen molar-refractivity contribution < 1.29 is 19.1 Å². The Bertz CT molecular complexity index is 724. The monoisotopic (exact) mass is 374 g/mol. The normalized spacial score (nSPS) is 11.3. The summed E-state index contributed by atoms with van der Waals surface area (Å²) >= 11 is 1.41. The Morgan fingerprint density at radius 2 is 1.58 bits per heavy atom. The lowest BCUT2D eigenvalue weighted by atomic mass is 10.3. The van der Waals surface area contributed by atoms with Gasteiger partial charge in [0.2, 0.25) is 0 Å². The zero-order valence-corrected chi connectivity index (χ0v) is 15.5. The van der Waals surface area contributed by atoms with Crippen LogP contribution in [-0.4, -0.2) is 30.3 Å². The third kappa shape index (κ3) is 6.33. The summed E-state index contributed by atoms with van der Waals surface area (Å²) in [4.78, 5) is 24.9. The van der Waals surface area contributed by atoms with Crippen molar-refractivity contribution in [2.75, 3.05) is 13.2 Å². The van der Waals surface area contributed by atoms with Gasteiger partial charge in [0.25, 0.3) is 11.8 Å². The molecule has 1 atom stereocenters. The van der Waals surface area contributed by atoms with Gasteiger partial charge >= 0.3 is 0 Å². The second-order valence-electron chi connectivity index (χ2n) is 5.28. The van der Waals surface area contributed by atoms with Crippen LogP contribution in [0.3, 0.4) is 0 Å². The summed E-state index contributed by atoms with van der Waals surface area (Å²) in [7, 11) is 0. The lowest BCUT2D eigenvalue weighted by Crippen LogP contribution is -2.46. The van der Waals surface area contributed by atoms with Crippen molar-refractivity contribution in [1.82, 2.24) is 10.9 Å². The first kappa shape index (κ1) is 19.7. The van der Waals surface area contributed by atoms with Crippen LogP contribution in [0.4, 0.5) is 0 Å². The summed E-state index contributed by atoms with van der Waals surface area (Å²) in [6.07, 6.45) is 0. The number of rotatable bonds is 8. The fourth-order valence-corrected chi connectivity index (χ4v) is 2.90. The van der Waals surface area contributed by atoms with Gasteiger partial charge in [-0.15, -0.1) is 11.8 Å². The molecule has 1 unspecified atom stereocenters. The lowest BCUT2D eigenvalue weighted by molar-refractivity contribution is -0.129. The summed E-state index contributed by atoms with van der Waals surface area (Å²) in [5.41, 5.74) is 4.76. The molecule has 0 saturated heterocycles. The minimum absolute atomic E-state index is 0.232. The van der Waals surface area contributed by atoms with Gasteiger partial charge in [-0.25, -0.2) is 0 Å². The van der Waals surface area contributed by atoms with E-state index in [9.17, 15) is 9.59 Å². The van der Waals surface area contributed by atoms with Crippen LogP contribution in [0.5, 0.6) is 11.5 Å². The predicted octanol–water partition coefficient (Wildman–Crippen LogP) is 2.79. The molecule has 0 aliphatic rings. The number of para-hydroxylation sites is 2. The fraction of sp³-hybridized carbons (Fsp3) is 0.263. The van der Waals surface area contributed by atoms with Crippen molar-refractivity contribution in [3.05, 3.63) is 54.6 Å². The molecule has 138 valence electrons. The summed E-state index contributed by atoms with van der Waals surface area (Å²) in [5, 5.41) is -0.350. The Kier molecular flexibility index (Phi) is 7.82. The van der Waals surface area contributed by atoms with Gasteiger partial charge in [-0.1, -0.05) is 30.3 Å². The Balaban J connectivity index is 1.75. The third-order valence-corrected chi connectivity index (χ3v) is 4.37. The molecule has 2 aromatic rings. The summed E-state index contributed by atoms with van der Waals surface area (Å²) in [6, 6.07) is 16.7. The number of nitrogens with one attached hydrogen (secondary N) is 2. The molecule has 0 bridgehead atoms. The number of hydrazine groups is 1. The lowest BCUT2D eigenvalue weighted by Gasteiger charge is -2.14. The Morgan fingerprint density at radius 3 is 2.23 bits per heavy atom. The van der Waals surface area contributed by atoms with E-state index >= 15 is 0 Å². The maximum Gasteiger partial charge on any atom is 0.276 e. The first-order valence-corrected chi connectivity index (χ1v) is 9.13. The summed E-state index contributed by atoms with van der Waals surface area (Å²) in [6.45, 7) is 3.91. The van der Waals surface area contributed by atoms with E-state index in [2.05, 4.69) is 10.9 Å². The smallest absolute Gasteiger partial charge is 0.276 e. The van der Waals surface area contributed by atoms with Crippen LogP contribution in [0.15, 0.2) is 59.5 Å². The largest absolute Gasteiger partial charge is 0.490 e. The molecule has 2 N–H and O–H groups in total. The van der Waals surface area contributed by atoms with Crippen LogP contribution in [0.1, 0.15) is 13.8 Å². The highest BCUT2D eigenvalue weighted by Crippen LogP contribution is 2.26. The average Bonchev–Trinajstić information content (AvgIpc) is 2.66. The second kappa shape index (κ2) is 10.4. The van der Waals surface area contributed by atoms with E-state index in [1.165, 1.54) is 11.8 Å². The van der Waals surface area contributed by atoms with Gasteiger partial charge in [-0.05, 0) is 38.1 Å². The second-order valence-corrected chi connectivity index (χ2v) is 6.69. The van der Waals surface area contributed by atoms with Gasteiger partial charge in [-0.2, -0.15) is 0 Å². The quantitative estimate of drug-likeness (QED) is 0.549. The van der Waals surface area contributed by atoms with E-state index in [-0.39, 0.29) is 17.8 Å². The molecule has 7 heteroatoms. The molecule has 0 spiro atoms. The Morgan fingerprint density at radius 1 is 0.962 bits per heavy atom. The third-order valence-electron chi connectivity index (χ3n) is 3.26. The van der Waals surface area contributed by atoms with Crippen LogP contribution in [0, 0.1) is 0 Å². The number of hydrogen-bond donors (Lipinski definition) is 2. The highest BCUT2D eigenvalue weighted by atomic mass is 32.2. The molecular formula is C19H22N2O4S. The van der Waals surface area contributed by atoms with Gasteiger partial charge in [0.05, 0.1) is 11.9 Å². The molecule has 26 heavy (non-hydrogen) atoms. The van der Waals surface area contributed by atoms with Crippen LogP contribution in [0.25, 0.3) is 0 Å². The molecule has 0 aliphatic heterocycles. The minimum atomic E-state index is -0.457. The van der Waals surface area contributed by atoms with E-state index in [1.807, 2.05) is 43.3 Å². The van der Waals surface area contributed by atoms with Crippen molar-refractivity contribution in [3.63, 3.8) is 0 Å². The van der Waals surface area contributed by atoms with Gasteiger partial charge in [-0.3, -0.25) is 20.4 Å². The van der Waals surface area contributed by atoms with Crippen molar-refractivity contribution in [2.45, 2.75) is 24.0 Å². The number of hydrogen-bond acceptors (Lipinski definition) is 5. The topological polar surface area (TPSA) is 76.7 Å². The molecule has 0 fully saturated rings. The number of carbonyl (C=O) groups excluding carboxylic acids is 2. The fourth-order valence-electron chi connectivity index (χ4n) is 2.01. The van der Waals surface area contributed by atoms with E-state index in [0.29, 0.717) is 18.1 Å². The summed E-state index contributed by atoms with van der Waals surface area (Å²) < 4.78 is 10.9. The van der Waals surface area contributed by atoms with Crippen LogP contribution in [0.2, 0.25) is 0 Å². The van der Waals surface area contributed by atoms with E-state index in [1.54, 1.807) is 25.1 Å². The Hall–Kier alpha value is -2.67. The average molecular weight is 374 g/mol. The van der Waals surface area contributed by atoms with Crippen LogP contribution in [-0.2, 0) is 9.59 Å². The van der Waals surface area contributed by atoms with Gasteiger partial charge < -0.3 is 9.47 Å². The molecular weight excluding hydrogens is 352 g/mol. The van der Waals surface area contributed by atoms with Crippen molar-refractivity contribution in [1.29, 1.82) is 0 Å². The highest BCUT2D eigenvalue weighted by Gasteiger charge is 2.15. The first-order chi connectivity index (χ1) is 12.6. The zero-order valence-electron chi connectivity index (χ0n) is 14.7. The zero-order chi connectivity index (χ0) is 18.8. The van der Waals surface area contributed by atoms with Crippen LogP contribution < -0.4 is 20.3 Å². The number of thioether (sulfide) groups is 1. The van der Waals surface area contributed by atoms with Gasteiger partial charge in [0.15, 0.2) is 18.1 Å². The van der Waals surface area contributed by atoms with E-state index in [0.717, 1.165) is 4.90 Å². The maximum atomic E-state index is 12.1. The van der Waals surface area contributed by atoms with Gasteiger partial charge in [0.1, 0.15) is 0 Å². The van der Waals surface area contributed by atoms with Crippen LogP contribution >= 0.6 is 11.8 Å². The standard InChI is InChI=1S/C19H22N2O4S/c1-3-24-16-11-7-8-12-17(16)25-13-18(22)20-21-19(23)14(2)26-15-9-5-4-6-10-15/h4-12,14H,3,13H2,1-2H3,(H,20,22)(H,21,23). The first-order valence-electron chi connectivity index (χ1n) is 8.25.